The SMILES string of the molecule is Cc1nnc(Sc2ccc([N+](=O)[O-])c(/C(N)=N/O)n2)n1C. The molecule has 21 heavy (non-hydrogen) atoms. The molecular weight excluding hydrogens is 298 g/mol. The van der Waals surface area contributed by atoms with Gasteiger partial charge in [0.15, 0.2) is 16.7 Å². The second kappa shape index (κ2) is 5.75. The standard InChI is InChI=1S/C10H11N7O3S/c1-5-13-14-10(16(5)2)21-7-4-3-6(17(19)20)8(12-7)9(11)15-18/h3-4,18H,1-2H3,(H2,11,15). The van der Waals surface area contributed by atoms with Crippen molar-refractivity contribution in [3.05, 3.63) is 33.8 Å². The molecule has 0 saturated carbocycles. The zero-order valence-corrected chi connectivity index (χ0v) is 11.9. The van der Waals surface area contributed by atoms with Crippen molar-refractivity contribution in [3.8, 4) is 0 Å². The zero-order chi connectivity index (χ0) is 15.6. The van der Waals surface area contributed by atoms with E-state index in [4.69, 9.17) is 10.9 Å². The van der Waals surface area contributed by atoms with Crippen LogP contribution in [0.1, 0.15) is 11.5 Å². The molecule has 2 heterocycles. The maximum Gasteiger partial charge on any atom is 0.298 e. The van der Waals surface area contributed by atoms with E-state index < -0.39 is 10.8 Å². The molecule has 2 aromatic heterocycles. The van der Waals surface area contributed by atoms with Gasteiger partial charge in [-0.2, -0.15) is 0 Å². The molecule has 0 amide bonds. The van der Waals surface area contributed by atoms with Crippen molar-refractivity contribution >= 4 is 23.3 Å². The van der Waals surface area contributed by atoms with Gasteiger partial charge in [0.25, 0.3) is 5.69 Å². The molecule has 0 aliphatic carbocycles. The van der Waals surface area contributed by atoms with Crippen LogP contribution in [0.2, 0.25) is 0 Å². The molecule has 0 bridgehead atoms. The number of amidine groups is 1. The number of hydrogen-bond donors (Lipinski definition) is 2. The van der Waals surface area contributed by atoms with Crippen LogP contribution in [0.15, 0.2) is 27.5 Å². The topological polar surface area (TPSA) is 145 Å². The number of nitrogens with zero attached hydrogens (tertiary/aromatic N) is 6. The fourth-order valence-corrected chi connectivity index (χ4v) is 2.25. The van der Waals surface area contributed by atoms with Gasteiger partial charge in [0.1, 0.15) is 10.9 Å². The minimum Gasteiger partial charge on any atom is -0.409 e. The van der Waals surface area contributed by atoms with E-state index in [1.165, 1.54) is 12.1 Å². The lowest BCUT2D eigenvalue weighted by molar-refractivity contribution is -0.385. The third-order valence-electron chi connectivity index (χ3n) is 2.64. The second-order valence-electron chi connectivity index (χ2n) is 3.95. The number of oxime groups is 1. The van der Waals surface area contributed by atoms with Crippen LogP contribution in [0.4, 0.5) is 5.69 Å². The Labute approximate surface area is 122 Å². The van der Waals surface area contributed by atoms with Crippen LogP contribution in [0.5, 0.6) is 0 Å². The molecule has 2 aromatic rings. The van der Waals surface area contributed by atoms with Crippen LogP contribution in [-0.4, -0.2) is 35.7 Å². The van der Waals surface area contributed by atoms with Gasteiger partial charge in [-0.3, -0.25) is 10.1 Å². The van der Waals surface area contributed by atoms with Crippen LogP contribution >= 0.6 is 11.8 Å². The van der Waals surface area contributed by atoms with E-state index in [-0.39, 0.29) is 11.4 Å². The Morgan fingerprint density at radius 3 is 2.76 bits per heavy atom. The van der Waals surface area contributed by atoms with Gasteiger partial charge in [-0.05, 0) is 24.8 Å². The van der Waals surface area contributed by atoms with Crippen molar-refractivity contribution < 1.29 is 10.1 Å². The van der Waals surface area contributed by atoms with Crippen LogP contribution in [0, 0.1) is 17.0 Å². The molecule has 0 aromatic carbocycles. The summed E-state index contributed by atoms with van der Waals surface area (Å²) < 4.78 is 1.75. The Morgan fingerprint density at radius 2 is 2.24 bits per heavy atom. The average Bonchev–Trinajstić information content (AvgIpc) is 2.78. The predicted octanol–water partition coefficient (Wildman–Crippen LogP) is 0.672. The van der Waals surface area contributed by atoms with Gasteiger partial charge in [0.2, 0.25) is 0 Å². The smallest absolute Gasteiger partial charge is 0.298 e. The lowest BCUT2D eigenvalue weighted by Crippen LogP contribution is -2.17. The Hall–Kier alpha value is -2.69. The molecule has 0 atom stereocenters. The van der Waals surface area contributed by atoms with Crippen LogP contribution < -0.4 is 5.73 Å². The molecule has 0 aliphatic heterocycles. The largest absolute Gasteiger partial charge is 0.409 e. The molecule has 3 N–H and O–H groups in total. The Morgan fingerprint density at radius 1 is 1.52 bits per heavy atom. The molecule has 0 aliphatic rings. The predicted molar refractivity (Wildman–Crippen MR) is 73.3 cm³/mol. The summed E-state index contributed by atoms with van der Waals surface area (Å²) in [6, 6.07) is 2.70. The van der Waals surface area contributed by atoms with Gasteiger partial charge in [-0.1, -0.05) is 5.16 Å². The van der Waals surface area contributed by atoms with Crippen LogP contribution in [0.3, 0.4) is 0 Å². The normalized spacial score (nSPS) is 11.6. The fraction of sp³-hybridized carbons (Fsp3) is 0.200. The molecule has 0 fully saturated rings. The molecule has 110 valence electrons. The lowest BCUT2D eigenvalue weighted by atomic mass is 10.3. The summed E-state index contributed by atoms with van der Waals surface area (Å²) in [5.41, 5.74) is 4.87. The highest BCUT2D eigenvalue weighted by atomic mass is 32.2. The summed E-state index contributed by atoms with van der Waals surface area (Å²) in [5.74, 6) is 0.286. The van der Waals surface area contributed by atoms with Gasteiger partial charge in [-0.15, -0.1) is 10.2 Å². The third-order valence-corrected chi connectivity index (χ3v) is 3.62. The molecular formula is C10H11N7O3S. The quantitative estimate of drug-likeness (QED) is 0.275. The molecule has 0 radical (unpaired) electrons. The average molecular weight is 309 g/mol. The van der Waals surface area contributed by atoms with Crippen molar-refractivity contribution in [2.75, 3.05) is 0 Å². The van der Waals surface area contributed by atoms with Gasteiger partial charge in [0, 0.05) is 13.1 Å². The number of pyridine rings is 1. The fourth-order valence-electron chi connectivity index (χ4n) is 1.44. The Bertz CT molecular complexity index is 727. The zero-order valence-electron chi connectivity index (χ0n) is 11.1. The summed E-state index contributed by atoms with van der Waals surface area (Å²) in [6.45, 7) is 1.79. The molecule has 0 saturated heterocycles. The van der Waals surface area contributed by atoms with Crippen molar-refractivity contribution in [2.45, 2.75) is 17.1 Å². The number of aryl methyl sites for hydroxylation is 1. The highest BCUT2D eigenvalue weighted by Crippen LogP contribution is 2.27. The van der Waals surface area contributed by atoms with E-state index >= 15 is 0 Å². The van der Waals surface area contributed by atoms with E-state index in [0.29, 0.717) is 10.2 Å². The number of nitro groups is 1. The van der Waals surface area contributed by atoms with Crippen molar-refractivity contribution in [1.29, 1.82) is 0 Å². The summed E-state index contributed by atoms with van der Waals surface area (Å²) in [7, 11) is 1.79. The lowest BCUT2D eigenvalue weighted by Gasteiger charge is -2.04. The van der Waals surface area contributed by atoms with E-state index in [1.54, 1.807) is 18.5 Å². The molecule has 11 heteroatoms. The van der Waals surface area contributed by atoms with Gasteiger partial charge in [0.05, 0.1) is 4.92 Å². The van der Waals surface area contributed by atoms with Crippen molar-refractivity contribution in [3.63, 3.8) is 0 Å². The first-order valence-electron chi connectivity index (χ1n) is 5.61. The summed E-state index contributed by atoms with van der Waals surface area (Å²) in [4.78, 5) is 14.3. The maximum atomic E-state index is 10.9. The van der Waals surface area contributed by atoms with E-state index in [9.17, 15) is 10.1 Å². The Balaban J connectivity index is 2.42. The number of nitrogens with two attached hydrogens (primary N) is 1. The number of hydrogen-bond acceptors (Lipinski definition) is 8. The van der Waals surface area contributed by atoms with Crippen LogP contribution in [-0.2, 0) is 7.05 Å². The third kappa shape index (κ3) is 2.91. The Kier molecular flexibility index (Phi) is 4.03. The highest BCUT2D eigenvalue weighted by molar-refractivity contribution is 7.99. The van der Waals surface area contributed by atoms with Gasteiger partial charge in [-0.25, -0.2) is 4.98 Å². The van der Waals surface area contributed by atoms with Gasteiger partial charge >= 0.3 is 0 Å². The molecule has 10 nitrogen and oxygen atoms in total. The summed E-state index contributed by atoms with van der Waals surface area (Å²) >= 11 is 1.16. The maximum absolute atomic E-state index is 10.9. The molecule has 2 rings (SSSR count). The first kappa shape index (κ1) is 14.7. The van der Waals surface area contributed by atoms with E-state index in [0.717, 1.165) is 17.6 Å². The van der Waals surface area contributed by atoms with Crippen molar-refractivity contribution in [1.82, 2.24) is 19.7 Å². The van der Waals surface area contributed by atoms with E-state index in [2.05, 4.69) is 20.3 Å². The molecule has 0 spiro atoms. The first-order chi connectivity index (χ1) is 9.93. The first-order valence-corrected chi connectivity index (χ1v) is 6.43. The number of rotatable bonds is 4. The molecule has 0 unspecified atom stereocenters. The van der Waals surface area contributed by atoms with Crippen LogP contribution in [0.25, 0.3) is 0 Å². The number of aromatic nitrogens is 4. The van der Waals surface area contributed by atoms with E-state index in [1.807, 2.05) is 0 Å². The minimum absolute atomic E-state index is 0.202. The summed E-state index contributed by atoms with van der Waals surface area (Å²) in [5, 5.41) is 31.2. The van der Waals surface area contributed by atoms with Gasteiger partial charge < -0.3 is 15.5 Å². The monoisotopic (exact) mass is 309 g/mol. The van der Waals surface area contributed by atoms with Crippen molar-refractivity contribution in [2.24, 2.45) is 17.9 Å². The summed E-state index contributed by atoms with van der Waals surface area (Å²) in [6.07, 6.45) is 0. The minimum atomic E-state index is -0.651. The highest BCUT2D eigenvalue weighted by Gasteiger charge is 2.20. The second-order valence-corrected chi connectivity index (χ2v) is 4.94.